The molecule has 4 heteroatoms. The van der Waals surface area contributed by atoms with E-state index in [0.717, 1.165) is 25.8 Å². The zero-order chi connectivity index (χ0) is 11.3. The molecule has 0 aromatic rings. The molecule has 1 atom stereocenters. The molecule has 0 saturated carbocycles. The number of hydrogen-bond acceptors (Lipinski definition) is 2. The number of likely N-dealkylation sites (tertiary alicyclic amines) is 1. The number of piperidine rings is 1. The average Bonchev–Trinajstić information content (AvgIpc) is 2.25. The minimum absolute atomic E-state index is 0.0525. The fraction of sp³-hybridized carbons (Fsp3) is 0.818. The summed E-state index contributed by atoms with van der Waals surface area (Å²) in [6, 6.07) is 0.375. The van der Waals surface area contributed by atoms with Crippen LogP contribution in [0.5, 0.6) is 0 Å². The van der Waals surface area contributed by atoms with Crippen LogP contribution in [-0.4, -0.2) is 35.8 Å². The van der Waals surface area contributed by atoms with Crippen molar-refractivity contribution in [2.45, 2.75) is 45.6 Å². The van der Waals surface area contributed by atoms with Crippen molar-refractivity contribution in [3.8, 4) is 0 Å². The van der Waals surface area contributed by atoms with Crippen LogP contribution in [0.1, 0.15) is 39.5 Å². The number of carbonyl (C=O) groups excluding carboxylic acids is 2. The van der Waals surface area contributed by atoms with Crippen LogP contribution in [0.25, 0.3) is 0 Å². The summed E-state index contributed by atoms with van der Waals surface area (Å²) >= 11 is 0. The van der Waals surface area contributed by atoms with E-state index in [2.05, 4.69) is 12.2 Å². The standard InChI is InChI=1S/C11H20N2O2/c1-3-10-6-4-5-7-13(10)11(15)8-12-9(2)14/h10H,3-8H2,1-2H3,(H,12,14). The summed E-state index contributed by atoms with van der Waals surface area (Å²) in [5.74, 6) is -0.0924. The highest BCUT2D eigenvalue weighted by Gasteiger charge is 2.24. The number of carbonyl (C=O) groups is 2. The molecule has 15 heavy (non-hydrogen) atoms. The molecule has 0 radical (unpaired) electrons. The molecule has 0 aromatic heterocycles. The van der Waals surface area contributed by atoms with Crippen LogP contribution in [0.4, 0.5) is 0 Å². The number of rotatable bonds is 3. The van der Waals surface area contributed by atoms with E-state index in [1.54, 1.807) is 0 Å². The second kappa shape index (κ2) is 5.73. The lowest BCUT2D eigenvalue weighted by atomic mass is 10.00. The second-order valence-electron chi connectivity index (χ2n) is 4.05. The smallest absolute Gasteiger partial charge is 0.242 e. The van der Waals surface area contributed by atoms with Crippen LogP contribution < -0.4 is 5.32 Å². The number of nitrogens with one attached hydrogen (secondary N) is 1. The molecule has 1 unspecified atom stereocenters. The molecule has 4 nitrogen and oxygen atoms in total. The summed E-state index contributed by atoms with van der Waals surface area (Å²) in [5, 5.41) is 2.56. The lowest BCUT2D eigenvalue weighted by molar-refractivity contribution is -0.135. The number of nitrogens with zero attached hydrogens (tertiary/aromatic N) is 1. The van der Waals surface area contributed by atoms with Crippen molar-refractivity contribution >= 4 is 11.8 Å². The first-order valence-corrected chi connectivity index (χ1v) is 5.69. The summed E-state index contributed by atoms with van der Waals surface area (Å²) in [5.41, 5.74) is 0. The molecular formula is C11H20N2O2. The highest BCUT2D eigenvalue weighted by molar-refractivity contribution is 5.83. The number of amides is 2. The van der Waals surface area contributed by atoms with Gasteiger partial charge in [0.1, 0.15) is 0 Å². The van der Waals surface area contributed by atoms with Crippen molar-refractivity contribution in [3.05, 3.63) is 0 Å². The van der Waals surface area contributed by atoms with E-state index < -0.39 is 0 Å². The lowest BCUT2D eigenvalue weighted by Crippen LogP contribution is -2.47. The van der Waals surface area contributed by atoms with Gasteiger partial charge in [-0.2, -0.15) is 0 Å². The van der Waals surface area contributed by atoms with Gasteiger partial charge in [-0.05, 0) is 25.7 Å². The van der Waals surface area contributed by atoms with E-state index >= 15 is 0 Å². The van der Waals surface area contributed by atoms with Crippen molar-refractivity contribution < 1.29 is 9.59 Å². The summed E-state index contributed by atoms with van der Waals surface area (Å²) < 4.78 is 0. The molecule has 0 bridgehead atoms. The van der Waals surface area contributed by atoms with Gasteiger partial charge in [-0.1, -0.05) is 6.92 Å². The third-order valence-electron chi connectivity index (χ3n) is 2.91. The maximum absolute atomic E-state index is 11.8. The molecule has 0 spiro atoms. The zero-order valence-electron chi connectivity index (χ0n) is 9.58. The zero-order valence-corrected chi connectivity index (χ0v) is 9.58. The molecular weight excluding hydrogens is 192 g/mol. The molecule has 0 aliphatic carbocycles. The van der Waals surface area contributed by atoms with E-state index in [1.807, 2.05) is 4.90 Å². The van der Waals surface area contributed by atoms with E-state index in [9.17, 15) is 9.59 Å². The second-order valence-corrected chi connectivity index (χ2v) is 4.05. The molecule has 0 aromatic carbocycles. The van der Waals surface area contributed by atoms with Gasteiger partial charge in [0.15, 0.2) is 0 Å². The van der Waals surface area contributed by atoms with Gasteiger partial charge < -0.3 is 10.2 Å². The molecule has 1 aliphatic heterocycles. The third-order valence-corrected chi connectivity index (χ3v) is 2.91. The van der Waals surface area contributed by atoms with E-state index in [4.69, 9.17) is 0 Å². The van der Waals surface area contributed by atoms with Crippen LogP contribution in [0.15, 0.2) is 0 Å². The van der Waals surface area contributed by atoms with Crippen molar-refractivity contribution in [3.63, 3.8) is 0 Å². The molecule has 2 amide bonds. The Kier molecular flexibility index (Phi) is 4.59. The Morgan fingerprint density at radius 1 is 1.40 bits per heavy atom. The first kappa shape index (κ1) is 12.0. The van der Waals surface area contributed by atoms with Gasteiger partial charge in [0.25, 0.3) is 0 Å². The molecule has 1 aliphatic rings. The van der Waals surface area contributed by atoms with E-state index in [1.165, 1.54) is 13.3 Å². The van der Waals surface area contributed by atoms with Crippen LogP contribution >= 0.6 is 0 Å². The monoisotopic (exact) mass is 212 g/mol. The van der Waals surface area contributed by atoms with E-state index in [-0.39, 0.29) is 18.4 Å². The van der Waals surface area contributed by atoms with Crippen LogP contribution in [0.2, 0.25) is 0 Å². The SMILES string of the molecule is CCC1CCCCN1C(=O)CNC(C)=O. The normalized spacial score (nSPS) is 21.2. The summed E-state index contributed by atoms with van der Waals surface area (Å²) in [6.45, 7) is 4.53. The van der Waals surface area contributed by atoms with Crippen LogP contribution in [0.3, 0.4) is 0 Å². The van der Waals surface area contributed by atoms with Crippen molar-refractivity contribution in [2.75, 3.05) is 13.1 Å². The predicted molar refractivity (Wildman–Crippen MR) is 58.3 cm³/mol. The van der Waals surface area contributed by atoms with Gasteiger partial charge >= 0.3 is 0 Å². The lowest BCUT2D eigenvalue weighted by Gasteiger charge is -2.35. The Morgan fingerprint density at radius 3 is 2.73 bits per heavy atom. The third kappa shape index (κ3) is 3.53. The van der Waals surface area contributed by atoms with Crippen molar-refractivity contribution in [1.29, 1.82) is 0 Å². The Balaban J connectivity index is 2.44. The summed E-state index contributed by atoms with van der Waals surface area (Å²) in [6.07, 6.45) is 4.40. The van der Waals surface area contributed by atoms with Gasteiger partial charge in [-0.15, -0.1) is 0 Å². The Bertz CT molecular complexity index is 241. The quantitative estimate of drug-likeness (QED) is 0.756. The molecule has 1 fully saturated rings. The topological polar surface area (TPSA) is 49.4 Å². The maximum Gasteiger partial charge on any atom is 0.242 e. The first-order chi connectivity index (χ1) is 7.15. The van der Waals surface area contributed by atoms with Gasteiger partial charge in [0, 0.05) is 19.5 Å². The van der Waals surface area contributed by atoms with E-state index in [0.29, 0.717) is 6.04 Å². The van der Waals surface area contributed by atoms with Gasteiger partial charge in [0.05, 0.1) is 6.54 Å². The average molecular weight is 212 g/mol. The summed E-state index contributed by atoms with van der Waals surface area (Å²) in [4.78, 5) is 24.4. The van der Waals surface area contributed by atoms with Crippen molar-refractivity contribution in [1.82, 2.24) is 10.2 Å². The predicted octanol–water partition coefficient (Wildman–Crippen LogP) is 0.914. The van der Waals surface area contributed by atoms with Gasteiger partial charge in [0.2, 0.25) is 11.8 Å². The summed E-state index contributed by atoms with van der Waals surface area (Å²) in [7, 11) is 0. The van der Waals surface area contributed by atoms with Gasteiger partial charge in [-0.3, -0.25) is 9.59 Å². The largest absolute Gasteiger partial charge is 0.347 e. The molecule has 1 N–H and O–H groups in total. The fourth-order valence-corrected chi connectivity index (χ4v) is 2.05. The number of hydrogen-bond donors (Lipinski definition) is 1. The minimum atomic E-state index is -0.145. The first-order valence-electron chi connectivity index (χ1n) is 5.69. The maximum atomic E-state index is 11.8. The van der Waals surface area contributed by atoms with Crippen molar-refractivity contribution in [2.24, 2.45) is 0 Å². The highest BCUT2D eigenvalue weighted by atomic mass is 16.2. The van der Waals surface area contributed by atoms with Crippen LogP contribution in [0, 0.1) is 0 Å². The minimum Gasteiger partial charge on any atom is -0.347 e. The van der Waals surface area contributed by atoms with Gasteiger partial charge in [-0.25, -0.2) is 0 Å². The Labute approximate surface area is 91.0 Å². The fourth-order valence-electron chi connectivity index (χ4n) is 2.05. The molecule has 1 rings (SSSR count). The Morgan fingerprint density at radius 2 is 2.13 bits per heavy atom. The van der Waals surface area contributed by atoms with Crippen LogP contribution in [-0.2, 0) is 9.59 Å². The highest BCUT2D eigenvalue weighted by Crippen LogP contribution is 2.19. The molecule has 1 saturated heterocycles. The molecule has 1 heterocycles. The Hall–Kier alpha value is -1.06. The molecule has 86 valence electrons.